The van der Waals surface area contributed by atoms with Crippen LogP contribution in [0.1, 0.15) is 406 Å². The second-order valence-corrected chi connectivity index (χ2v) is 29.9. The zero-order valence-electron chi connectivity index (χ0n) is 61.4. The van der Waals surface area contributed by atoms with E-state index < -0.39 is 26.5 Å². The highest BCUT2D eigenvalue weighted by molar-refractivity contribution is 7.47. The number of quaternary nitrogens is 1. The van der Waals surface area contributed by atoms with E-state index in [1.165, 1.54) is 315 Å². The van der Waals surface area contributed by atoms with E-state index in [0.29, 0.717) is 17.4 Å². The van der Waals surface area contributed by atoms with Crippen LogP contribution in [-0.2, 0) is 32.7 Å². The van der Waals surface area contributed by atoms with Crippen molar-refractivity contribution < 1.29 is 42.1 Å². The van der Waals surface area contributed by atoms with Crippen molar-refractivity contribution in [2.24, 2.45) is 0 Å². The van der Waals surface area contributed by atoms with Gasteiger partial charge in [0.25, 0.3) is 0 Å². The summed E-state index contributed by atoms with van der Waals surface area (Å²) in [5.74, 6) is -0.770. The van der Waals surface area contributed by atoms with Crippen LogP contribution in [0.2, 0.25) is 0 Å². The minimum atomic E-state index is -4.39. The Morgan fingerprint density at radius 1 is 0.352 bits per heavy atom. The van der Waals surface area contributed by atoms with E-state index in [2.05, 4.69) is 62.5 Å². The maximum Gasteiger partial charge on any atom is 0.472 e. The van der Waals surface area contributed by atoms with Crippen LogP contribution < -0.4 is 0 Å². The first-order valence-electron chi connectivity index (χ1n) is 39.9. The van der Waals surface area contributed by atoms with Gasteiger partial charge in [-0.2, -0.15) is 0 Å². The minimum Gasteiger partial charge on any atom is -0.462 e. The van der Waals surface area contributed by atoms with Gasteiger partial charge in [-0.25, -0.2) is 4.57 Å². The molecule has 536 valence electrons. The lowest BCUT2D eigenvalue weighted by molar-refractivity contribution is -0.870. The first kappa shape index (κ1) is 89.0. The normalized spacial score (nSPS) is 13.3. The predicted octanol–water partition coefficient (Wildman–Crippen LogP) is 26.3. The van der Waals surface area contributed by atoms with E-state index in [4.69, 9.17) is 18.5 Å². The maximum atomic E-state index is 12.9. The maximum absolute atomic E-state index is 12.9. The number of likely N-dealkylation sites (N-methyl/N-ethyl adjacent to an activating group) is 1. The lowest BCUT2D eigenvalue weighted by Crippen LogP contribution is -2.37. The Bertz CT molecular complexity index is 1670. The van der Waals surface area contributed by atoms with Crippen LogP contribution >= 0.6 is 7.82 Å². The number of esters is 2. The summed E-state index contributed by atoms with van der Waals surface area (Å²) in [4.78, 5) is 36.0. The Kier molecular flexibility index (Phi) is 70.6. The highest BCUT2D eigenvalue weighted by Gasteiger charge is 2.27. The molecule has 0 aromatic rings. The quantitative estimate of drug-likeness (QED) is 0.0211. The number of nitrogens with zero attached hydrogens (tertiary/aromatic N) is 1. The molecule has 0 spiro atoms. The molecule has 2 atom stereocenters. The molecule has 0 saturated carbocycles. The average Bonchev–Trinajstić information content (AvgIpc) is 3.69. The zero-order valence-corrected chi connectivity index (χ0v) is 62.3. The van der Waals surface area contributed by atoms with E-state index >= 15 is 0 Å². The molecular weight excluding hydrogens is 1150 g/mol. The Labute approximate surface area is 566 Å². The van der Waals surface area contributed by atoms with Gasteiger partial charge in [0.2, 0.25) is 0 Å². The lowest BCUT2D eigenvalue weighted by atomic mass is 10.0. The van der Waals surface area contributed by atoms with Crippen LogP contribution in [-0.4, -0.2) is 74.9 Å². The van der Waals surface area contributed by atoms with Crippen LogP contribution in [0.25, 0.3) is 0 Å². The fourth-order valence-corrected chi connectivity index (χ4v) is 12.8. The van der Waals surface area contributed by atoms with Gasteiger partial charge in [-0.15, -0.1) is 0 Å². The molecular formula is C81H155NO8P+. The number of hydrogen-bond acceptors (Lipinski definition) is 7. The average molecular weight is 1300 g/mol. The van der Waals surface area contributed by atoms with E-state index in [-0.39, 0.29) is 25.6 Å². The number of hydrogen-bond donors (Lipinski definition) is 1. The summed E-state index contributed by atoms with van der Waals surface area (Å²) in [6.45, 7) is 4.41. The molecule has 2 unspecified atom stereocenters. The largest absolute Gasteiger partial charge is 0.472 e. The number of carbonyl (C=O) groups is 2. The Balaban J connectivity index is 3.87. The van der Waals surface area contributed by atoms with Crippen molar-refractivity contribution in [3.8, 4) is 0 Å². The van der Waals surface area contributed by atoms with Gasteiger partial charge in [0, 0.05) is 12.8 Å². The van der Waals surface area contributed by atoms with Crippen molar-refractivity contribution in [3.05, 3.63) is 48.6 Å². The van der Waals surface area contributed by atoms with Crippen LogP contribution in [0, 0.1) is 0 Å². The van der Waals surface area contributed by atoms with Gasteiger partial charge in [0.15, 0.2) is 6.10 Å². The van der Waals surface area contributed by atoms with E-state index in [0.717, 1.165) is 64.2 Å². The smallest absolute Gasteiger partial charge is 0.462 e. The SMILES string of the molecule is CC/C=C\C/C=C\C/C=C\C/C=C\CCCCCCCCCCCCCCCCCCCCCCCCCCCCCCC(=O)OC(COC(=O)CCCCCCCCCCCCCCCCCCCCCCCCCCCC)COP(=O)(O)OCC[N+](C)(C)C. The summed E-state index contributed by atoms with van der Waals surface area (Å²) in [5, 5.41) is 0. The zero-order chi connectivity index (χ0) is 66.2. The van der Waals surface area contributed by atoms with Crippen LogP contribution in [0.5, 0.6) is 0 Å². The van der Waals surface area contributed by atoms with Gasteiger partial charge in [-0.3, -0.25) is 18.6 Å². The highest BCUT2D eigenvalue weighted by Crippen LogP contribution is 2.43. The molecule has 0 fully saturated rings. The summed E-state index contributed by atoms with van der Waals surface area (Å²) >= 11 is 0. The number of phosphoric acid groups is 1. The fraction of sp³-hybridized carbons (Fsp3) is 0.877. The molecule has 1 N–H and O–H groups in total. The number of rotatable bonds is 75. The summed E-state index contributed by atoms with van der Waals surface area (Å²) in [5.41, 5.74) is 0. The molecule has 10 heteroatoms. The molecule has 0 bridgehead atoms. The van der Waals surface area contributed by atoms with Gasteiger partial charge in [-0.1, -0.05) is 390 Å². The van der Waals surface area contributed by atoms with Gasteiger partial charge >= 0.3 is 19.8 Å². The number of carbonyl (C=O) groups excluding carboxylic acids is 2. The van der Waals surface area contributed by atoms with Crippen molar-refractivity contribution in [1.82, 2.24) is 0 Å². The Morgan fingerprint density at radius 2 is 0.626 bits per heavy atom. The second kappa shape index (κ2) is 72.2. The molecule has 0 amide bonds. The molecule has 9 nitrogen and oxygen atoms in total. The third-order valence-electron chi connectivity index (χ3n) is 18.1. The van der Waals surface area contributed by atoms with Crippen molar-refractivity contribution >= 4 is 19.8 Å². The topological polar surface area (TPSA) is 108 Å². The fourth-order valence-electron chi connectivity index (χ4n) is 12.1. The molecule has 0 aromatic heterocycles. The Morgan fingerprint density at radius 3 is 0.934 bits per heavy atom. The van der Waals surface area contributed by atoms with Crippen LogP contribution in [0.4, 0.5) is 0 Å². The highest BCUT2D eigenvalue weighted by atomic mass is 31.2. The monoisotopic (exact) mass is 1300 g/mol. The Hall–Kier alpha value is -2.03. The van der Waals surface area contributed by atoms with Gasteiger partial charge in [-0.05, 0) is 51.4 Å². The number of phosphoric ester groups is 1. The van der Waals surface area contributed by atoms with Gasteiger partial charge < -0.3 is 18.9 Å². The first-order chi connectivity index (χ1) is 44.5. The van der Waals surface area contributed by atoms with Crippen molar-refractivity contribution in [3.63, 3.8) is 0 Å². The van der Waals surface area contributed by atoms with Gasteiger partial charge in [0.05, 0.1) is 27.7 Å². The predicted molar refractivity (Wildman–Crippen MR) is 395 cm³/mol. The van der Waals surface area contributed by atoms with Gasteiger partial charge in [0.1, 0.15) is 19.8 Å². The summed E-state index contributed by atoms with van der Waals surface area (Å²) in [6, 6.07) is 0. The third kappa shape index (κ3) is 76.9. The number of unbranched alkanes of at least 4 members (excludes halogenated alkanes) is 53. The van der Waals surface area contributed by atoms with Crippen molar-refractivity contribution in [2.45, 2.75) is 412 Å². The molecule has 0 radical (unpaired) electrons. The third-order valence-corrected chi connectivity index (χ3v) is 19.1. The van der Waals surface area contributed by atoms with Crippen LogP contribution in [0.15, 0.2) is 48.6 Å². The molecule has 0 saturated heterocycles. The van der Waals surface area contributed by atoms with E-state index in [1.807, 2.05) is 21.1 Å². The molecule has 0 aromatic carbocycles. The van der Waals surface area contributed by atoms with E-state index in [9.17, 15) is 19.0 Å². The summed E-state index contributed by atoms with van der Waals surface area (Å²) < 4.78 is 34.8. The van der Waals surface area contributed by atoms with Crippen molar-refractivity contribution in [1.29, 1.82) is 0 Å². The van der Waals surface area contributed by atoms with Crippen LogP contribution in [0.3, 0.4) is 0 Å². The first-order valence-corrected chi connectivity index (χ1v) is 41.4. The summed E-state index contributed by atoms with van der Waals surface area (Å²) in [7, 11) is 1.50. The number of allylic oxidation sites excluding steroid dienone is 8. The lowest BCUT2D eigenvalue weighted by Gasteiger charge is -2.24. The summed E-state index contributed by atoms with van der Waals surface area (Å²) in [6.07, 6.45) is 95.6. The molecule has 91 heavy (non-hydrogen) atoms. The molecule has 0 rings (SSSR count). The molecule has 0 heterocycles. The van der Waals surface area contributed by atoms with Crippen molar-refractivity contribution in [2.75, 3.05) is 47.5 Å². The number of ether oxygens (including phenoxy) is 2. The molecule has 0 aliphatic heterocycles. The molecule has 0 aliphatic carbocycles. The van der Waals surface area contributed by atoms with E-state index in [1.54, 1.807) is 0 Å². The molecule has 0 aliphatic rings. The second-order valence-electron chi connectivity index (χ2n) is 28.4. The minimum absolute atomic E-state index is 0.0357. The standard InChI is InChI=1S/C81H154NO8P/c1-6-8-10-12-14-16-18-20-22-24-26-28-30-32-34-35-36-37-38-39-40-41-42-43-44-45-46-47-48-50-52-54-56-58-60-62-64-66-68-70-72-74-81(84)90-79(78-89-91(85,86)88-76-75-82(3,4)5)77-87-80(83)73-71-69-67-65-63-61-59-57-55-53-51-49-33-31-29-27-25-23-21-19-17-15-13-11-9-7-2/h8,10,14,16,20,22,26,28,79H,6-7,9,11-13,15,17-19,21,23-25,27,29-78H2,1-5H3/p+1/b10-8-,16-14-,22-20-,28-26-.